The average Bonchev–Trinajstić information content (AvgIpc) is 2.97. The molecular formula is C36H57NO2. The molecule has 0 atom stereocenters. The second-order valence-corrected chi connectivity index (χ2v) is 11.0. The SMILES string of the molecule is CCCCCCCCCCCCCCCCOc1ccc(N=Cc2ccc(OCCCCCCC)cc2)cc1. The molecule has 0 radical (unpaired) electrons. The molecule has 0 amide bonds. The van der Waals surface area contributed by atoms with E-state index < -0.39 is 0 Å². The first-order chi connectivity index (χ1) is 19.3. The van der Waals surface area contributed by atoms with Crippen LogP contribution in [0.5, 0.6) is 11.5 Å². The minimum absolute atomic E-state index is 0.797. The van der Waals surface area contributed by atoms with Crippen LogP contribution in [0.4, 0.5) is 5.69 Å². The summed E-state index contributed by atoms with van der Waals surface area (Å²) in [7, 11) is 0. The number of hydrogen-bond donors (Lipinski definition) is 0. The molecule has 0 spiro atoms. The Hall–Kier alpha value is -2.29. The Labute approximate surface area is 240 Å². The van der Waals surface area contributed by atoms with Crippen LogP contribution in [0.3, 0.4) is 0 Å². The maximum atomic E-state index is 5.94. The molecule has 39 heavy (non-hydrogen) atoms. The van der Waals surface area contributed by atoms with E-state index in [4.69, 9.17) is 9.47 Å². The van der Waals surface area contributed by atoms with Gasteiger partial charge in [-0.3, -0.25) is 4.99 Å². The van der Waals surface area contributed by atoms with Crippen molar-refractivity contribution in [3.63, 3.8) is 0 Å². The minimum Gasteiger partial charge on any atom is -0.494 e. The Morgan fingerprint density at radius 3 is 1.23 bits per heavy atom. The van der Waals surface area contributed by atoms with Gasteiger partial charge in [0.1, 0.15) is 11.5 Å². The van der Waals surface area contributed by atoms with E-state index in [0.29, 0.717) is 0 Å². The summed E-state index contributed by atoms with van der Waals surface area (Å²) in [5.74, 6) is 1.86. The van der Waals surface area contributed by atoms with Crippen LogP contribution in [0.15, 0.2) is 53.5 Å². The molecular weight excluding hydrogens is 478 g/mol. The quantitative estimate of drug-likeness (QED) is 0.0935. The molecule has 0 aliphatic heterocycles. The van der Waals surface area contributed by atoms with Crippen molar-refractivity contribution in [2.75, 3.05) is 13.2 Å². The number of ether oxygens (including phenoxy) is 2. The van der Waals surface area contributed by atoms with Gasteiger partial charge >= 0.3 is 0 Å². The number of benzene rings is 2. The summed E-state index contributed by atoms with van der Waals surface area (Å²) in [4.78, 5) is 4.61. The van der Waals surface area contributed by atoms with Crippen molar-refractivity contribution in [1.29, 1.82) is 0 Å². The zero-order chi connectivity index (χ0) is 27.6. The average molecular weight is 536 g/mol. The van der Waals surface area contributed by atoms with Gasteiger partial charge in [0.05, 0.1) is 18.9 Å². The Bertz CT molecular complexity index is 828. The Kier molecular flexibility index (Phi) is 19.9. The van der Waals surface area contributed by atoms with E-state index in [1.807, 2.05) is 42.6 Å². The molecule has 0 saturated carbocycles. The third-order valence-corrected chi connectivity index (χ3v) is 7.36. The van der Waals surface area contributed by atoms with Gasteiger partial charge in [-0.1, -0.05) is 123 Å². The molecule has 0 unspecified atom stereocenters. The molecule has 218 valence electrons. The summed E-state index contributed by atoms with van der Waals surface area (Å²) >= 11 is 0. The summed E-state index contributed by atoms with van der Waals surface area (Å²) in [5.41, 5.74) is 2.01. The highest BCUT2D eigenvalue weighted by molar-refractivity contribution is 5.82. The fraction of sp³-hybridized carbons (Fsp3) is 0.639. The fourth-order valence-electron chi connectivity index (χ4n) is 4.81. The lowest BCUT2D eigenvalue weighted by molar-refractivity contribution is 0.304. The van der Waals surface area contributed by atoms with E-state index in [1.165, 1.54) is 109 Å². The Balaban J connectivity index is 1.47. The lowest BCUT2D eigenvalue weighted by Crippen LogP contribution is -1.97. The van der Waals surface area contributed by atoms with Gasteiger partial charge < -0.3 is 9.47 Å². The van der Waals surface area contributed by atoms with Crippen LogP contribution >= 0.6 is 0 Å². The molecule has 0 heterocycles. The summed E-state index contributed by atoms with van der Waals surface area (Å²) in [6.45, 7) is 6.13. The molecule has 0 fully saturated rings. The van der Waals surface area contributed by atoms with Crippen LogP contribution in [0.2, 0.25) is 0 Å². The van der Waals surface area contributed by atoms with Gasteiger partial charge in [-0.15, -0.1) is 0 Å². The molecule has 0 aliphatic rings. The molecule has 3 nitrogen and oxygen atoms in total. The number of unbranched alkanes of at least 4 members (excludes halogenated alkanes) is 17. The predicted molar refractivity (Wildman–Crippen MR) is 170 cm³/mol. The highest BCUT2D eigenvalue weighted by atomic mass is 16.5. The molecule has 2 aromatic carbocycles. The van der Waals surface area contributed by atoms with Gasteiger partial charge in [0.2, 0.25) is 0 Å². The smallest absolute Gasteiger partial charge is 0.119 e. The van der Waals surface area contributed by atoms with E-state index in [-0.39, 0.29) is 0 Å². The van der Waals surface area contributed by atoms with Gasteiger partial charge in [-0.2, -0.15) is 0 Å². The van der Waals surface area contributed by atoms with Crippen molar-refractivity contribution in [3.8, 4) is 11.5 Å². The van der Waals surface area contributed by atoms with Crippen molar-refractivity contribution in [2.24, 2.45) is 4.99 Å². The highest BCUT2D eigenvalue weighted by Gasteiger charge is 1.98. The number of nitrogens with zero attached hydrogens (tertiary/aromatic N) is 1. The largest absolute Gasteiger partial charge is 0.494 e. The second kappa shape index (κ2) is 23.6. The van der Waals surface area contributed by atoms with Crippen LogP contribution in [-0.4, -0.2) is 19.4 Å². The van der Waals surface area contributed by atoms with Crippen molar-refractivity contribution >= 4 is 11.9 Å². The predicted octanol–water partition coefficient (Wildman–Crippen LogP) is 11.6. The van der Waals surface area contributed by atoms with Gasteiger partial charge in [-0.05, 0) is 66.9 Å². The van der Waals surface area contributed by atoms with Gasteiger partial charge in [0.25, 0.3) is 0 Å². The summed E-state index contributed by atoms with van der Waals surface area (Å²) in [5, 5.41) is 0. The number of rotatable bonds is 25. The second-order valence-electron chi connectivity index (χ2n) is 11.0. The van der Waals surface area contributed by atoms with E-state index in [9.17, 15) is 0 Å². The number of aliphatic imine (C=N–C) groups is 1. The molecule has 0 bridgehead atoms. The zero-order valence-electron chi connectivity index (χ0n) is 25.3. The van der Waals surface area contributed by atoms with Gasteiger partial charge in [-0.25, -0.2) is 0 Å². The zero-order valence-corrected chi connectivity index (χ0v) is 25.3. The maximum Gasteiger partial charge on any atom is 0.119 e. The fourth-order valence-corrected chi connectivity index (χ4v) is 4.81. The van der Waals surface area contributed by atoms with Crippen molar-refractivity contribution in [3.05, 3.63) is 54.1 Å². The summed E-state index contributed by atoms with van der Waals surface area (Å²) in [6.07, 6.45) is 27.5. The first kappa shape index (κ1) is 32.9. The summed E-state index contributed by atoms with van der Waals surface area (Å²) < 4.78 is 11.8. The van der Waals surface area contributed by atoms with Crippen LogP contribution < -0.4 is 9.47 Å². The van der Waals surface area contributed by atoms with Crippen LogP contribution in [-0.2, 0) is 0 Å². The highest BCUT2D eigenvalue weighted by Crippen LogP contribution is 2.20. The number of hydrogen-bond acceptors (Lipinski definition) is 3. The summed E-state index contributed by atoms with van der Waals surface area (Å²) in [6, 6.07) is 16.3. The Morgan fingerprint density at radius 1 is 0.462 bits per heavy atom. The van der Waals surface area contributed by atoms with Crippen LogP contribution in [0.1, 0.15) is 141 Å². The van der Waals surface area contributed by atoms with E-state index in [1.54, 1.807) is 0 Å². The van der Waals surface area contributed by atoms with Crippen molar-refractivity contribution in [1.82, 2.24) is 0 Å². The topological polar surface area (TPSA) is 30.8 Å². The molecule has 0 N–H and O–H groups in total. The third-order valence-electron chi connectivity index (χ3n) is 7.36. The maximum absolute atomic E-state index is 5.94. The molecule has 2 rings (SSSR count). The van der Waals surface area contributed by atoms with E-state index in [0.717, 1.165) is 48.8 Å². The standard InChI is InChI=1S/C36H57NO2/c1-3-5-7-9-10-11-12-13-14-15-16-17-19-21-31-39-36-28-24-34(25-29-36)37-32-33-22-26-35(27-23-33)38-30-20-18-8-6-4-2/h22-29,32H,3-21,30-31H2,1-2H3. The lowest BCUT2D eigenvalue weighted by atomic mass is 10.0. The molecule has 2 aromatic rings. The van der Waals surface area contributed by atoms with Crippen LogP contribution in [0.25, 0.3) is 0 Å². The normalized spacial score (nSPS) is 11.3. The van der Waals surface area contributed by atoms with Gasteiger partial charge in [0, 0.05) is 6.21 Å². The molecule has 0 aromatic heterocycles. The first-order valence-electron chi connectivity index (χ1n) is 16.3. The third kappa shape index (κ3) is 17.8. The molecule has 3 heteroatoms. The lowest BCUT2D eigenvalue weighted by Gasteiger charge is -2.07. The van der Waals surface area contributed by atoms with Crippen molar-refractivity contribution in [2.45, 2.75) is 136 Å². The Morgan fingerprint density at radius 2 is 0.821 bits per heavy atom. The van der Waals surface area contributed by atoms with E-state index >= 15 is 0 Å². The molecule has 0 saturated heterocycles. The van der Waals surface area contributed by atoms with Gasteiger partial charge in [0.15, 0.2) is 0 Å². The monoisotopic (exact) mass is 535 g/mol. The van der Waals surface area contributed by atoms with E-state index in [2.05, 4.69) is 31.0 Å². The van der Waals surface area contributed by atoms with Crippen molar-refractivity contribution < 1.29 is 9.47 Å². The minimum atomic E-state index is 0.797. The van der Waals surface area contributed by atoms with Crippen LogP contribution in [0, 0.1) is 0 Å². The first-order valence-corrected chi connectivity index (χ1v) is 16.3. The molecule has 0 aliphatic carbocycles.